The van der Waals surface area contributed by atoms with Crippen LogP contribution in [0.15, 0.2) is 35.0 Å². The third-order valence-electron chi connectivity index (χ3n) is 4.08. The first kappa shape index (κ1) is 18.4. The van der Waals surface area contributed by atoms with Gasteiger partial charge in [0.1, 0.15) is 35.7 Å². The van der Waals surface area contributed by atoms with Crippen LogP contribution >= 0.6 is 0 Å². The van der Waals surface area contributed by atoms with Crippen LogP contribution in [0.4, 0.5) is 0 Å². The van der Waals surface area contributed by atoms with E-state index in [0.29, 0.717) is 16.5 Å². The van der Waals surface area contributed by atoms with E-state index in [-0.39, 0.29) is 5.75 Å². The summed E-state index contributed by atoms with van der Waals surface area (Å²) in [5.41, 5.74) is 0.829. The molecule has 0 amide bonds. The van der Waals surface area contributed by atoms with Crippen molar-refractivity contribution in [3.8, 4) is 5.75 Å². The highest BCUT2D eigenvalue weighted by molar-refractivity contribution is 5.89. The number of furan rings is 1. The van der Waals surface area contributed by atoms with Gasteiger partial charge in [-0.1, -0.05) is 0 Å². The highest BCUT2D eigenvalue weighted by Crippen LogP contribution is 2.31. The SMILES string of the molecule is O=C(O)/C=C\c1cc2ccoc2cc1O[C@@H]1O[C@H](CO)[C@@H](O)[C@H](O)[C@H]1O. The fourth-order valence-corrected chi connectivity index (χ4v) is 2.69. The molecule has 2 heterocycles. The first-order valence-electron chi connectivity index (χ1n) is 7.80. The number of ether oxygens (including phenoxy) is 2. The maximum atomic E-state index is 10.8. The second-order valence-corrected chi connectivity index (χ2v) is 5.84. The Kier molecular flexibility index (Phi) is 5.25. The van der Waals surface area contributed by atoms with Crippen molar-refractivity contribution >= 4 is 23.0 Å². The molecule has 140 valence electrons. The van der Waals surface area contributed by atoms with Crippen molar-refractivity contribution in [2.45, 2.75) is 30.7 Å². The van der Waals surface area contributed by atoms with Gasteiger partial charge < -0.3 is 39.4 Å². The Balaban J connectivity index is 1.93. The van der Waals surface area contributed by atoms with E-state index >= 15 is 0 Å². The number of hydrogen-bond donors (Lipinski definition) is 5. The molecular weight excluding hydrogens is 348 g/mol. The predicted molar refractivity (Wildman–Crippen MR) is 87.3 cm³/mol. The Bertz CT molecular complexity index is 810. The molecule has 0 aliphatic carbocycles. The predicted octanol–water partition coefficient (Wildman–Crippen LogP) is -0.291. The molecule has 9 nitrogen and oxygen atoms in total. The molecule has 0 radical (unpaired) electrons. The van der Waals surface area contributed by atoms with E-state index in [1.165, 1.54) is 18.4 Å². The van der Waals surface area contributed by atoms with Crippen molar-refractivity contribution in [3.05, 3.63) is 36.1 Å². The Morgan fingerprint density at radius 3 is 2.65 bits per heavy atom. The van der Waals surface area contributed by atoms with Gasteiger partial charge in [-0.2, -0.15) is 0 Å². The lowest BCUT2D eigenvalue weighted by molar-refractivity contribution is -0.277. The van der Waals surface area contributed by atoms with E-state index in [1.54, 1.807) is 12.1 Å². The lowest BCUT2D eigenvalue weighted by atomic mass is 9.99. The van der Waals surface area contributed by atoms with E-state index in [4.69, 9.17) is 19.0 Å². The third-order valence-corrected chi connectivity index (χ3v) is 4.08. The zero-order valence-electron chi connectivity index (χ0n) is 13.4. The molecular formula is C17H18O9. The maximum absolute atomic E-state index is 10.8. The Labute approximate surface area is 147 Å². The molecule has 9 heteroatoms. The normalized spacial score (nSPS) is 29.3. The van der Waals surface area contributed by atoms with Crippen LogP contribution in [0.2, 0.25) is 0 Å². The van der Waals surface area contributed by atoms with Crippen LogP contribution in [0.25, 0.3) is 17.0 Å². The van der Waals surface area contributed by atoms with Gasteiger partial charge in [-0.05, 0) is 18.2 Å². The molecule has 5 atom stereocenters. The van der Waals surface area contributed by atoms with Crippen molar-refractivity contribution < 1.29 is 44.2 Å². The van der Waals surface area contributed by atoms with Crippen LogP contribution in [0.3, 0.4) is 0 Å². The summed E-state index contributed by atoms with van der Waals surface area (Å²) >= 11 is 0. The van der Waals surface area contributed by atoms with Crippen LogP contribution in [0.5, 0.6) is 5.75 Å². The van der Waals surface area contributed by atoms with Crippen molar-refractivity contribution in [2.24, 2.45) is 0 Å². The van der Waals surface area contributed by atoms with E-state index in [0.717, 1.165) is 6.08 Å². The molecule has 1 aromatic carbocycles. The second-order valence-electron chi connectivity index (χ2n) is 5.84. The zero-order valence-corrected chi connectivity index (χ0v) is 13.4. The number of hydrogen-bond acceptors (Lipinski definition) is 8. The highest BCUT2D eigenvalue weighted by atomic mass is 16.7. The minimum absolute atomic E-state index is 0.134. The van der Waals surface area contributed by atoms with Gasteiger partial charge in [0.2, 0.25) is 6.29 Å². The molecule has 1 saturated heterocycles. The average molecular weight is 366 g/mol. The molecule has 0 bridgehead atoms. The van der Waals surface area contributed by atoms with Gasteiger partial charge in [0.15, 0.2) is 0 Å². The minimum Gasteiger partial charge on any atom is -0.478 e. The number of aliphatic carboxylic acids is 1. The number of aliphatic hydroxyl groups is 4. The number of rotatable bonds is 5. The van der Waals surface area contributed by atoms with Gasteiger partial charge in [0.25, 0.3) is 0 Å². The molecule has 1 aliphatic rings. The number of aliphatic hydroxyl groups excluding tert-OH is 4. The first-order valence-corrected chi connectivity index (χ1v) is 7.80. The fraction of sp³-hybridized carbons (Fsp3) is 0.353. The summed E-state index contributed by atoms with van der Waals surface area (Å²) in [6, 6.07) is 4.79. The summed E-state index contributed by atoms with van der Waals surface area (Å²) in [7, 11) is 0. The number of benzene rings is 1. The van der Waals surface area contributed by atoms with Crippen molar-refractivity contribution in [3.63, 3.8) is 0 Å². The topological polar surface area (TPSA) is 150 Å². The smallest absolute Gasteiger partial charge is 0.328 e. The molecule has 1 fully saturated rings. The quantitative estimate of drug-likeness (QED) is 0.450. The van der Waals surface area contributed by atoms with Crippen LogP contribution in [-0.2, 0) is 9.53 Å². The van der Waals surface area contributed by atoms with Gasteiger partial charge in [-0.25, -0.2) is 4.79 Å². The summed E-state index contributed by atoms with van der Waals surface area (Å²) in [4.78, 5) is 10.8. The largest absolute Gasteiger partial charge is 0.478 e. The number of carbonyl (C=O) groups is 1. The van der Waals surface area contributed by atoms with Crippen molar-refractivity contribution in [1.29, 1.82) is 0 Å². The summed E-state index contributed by atoms with van der Waals surface area (Å²) in [5.74, 6) is -1.02. The van der Waals surface area contributed by atoms with E-state index < -0.39 is 43.3 Å². The van der Waals surface area contributed by atoms with Gasteiger partial charge in [0, 0.05) is 23.1 Å². The van der Waals surface area contributed by atoms with E-state index in [1.807, 2.05) is 0 Å². The van der Waals surface area contributed by atoms with Crippen molar-refractivity contribution in [2.75, 3.05) is 6.61 Å². The monoisotopic (exact) mass is 366 g/mol. The van der Waals surface area contributed by atoms with Crippen molar-refractivity contribution in [1.82, 2.24) is 0 Å². The molecule has 0 spiro atoms. The van der Waals surface area contributed by atoms with Crippen LogP contribution in [0, 0.1) is 0 Å². The molecule has 1 aliphatic heterocycles. The standard InChI is InChI=1S/C17H18O9/c18-7-12-14(21)15(22)16(23)17(26-12)25-11-6-10-9(3-4-24-10)5-8(11)1-2-13(19)20/h1-6,12,14-18,21-23H,7H2,(H,19,20)/b2-1-/t12-,14-,15+,16-,17-/m1/s1. The maximum Gasteiger partial charge on any atom is 0.328 e. The summed E-state index contributed by atoms with van der Waals surface area (Å²) < 4.78 is 16.2. The van der Waals surface area contributed by atoms with E-state index in [2.05, 4.69) is 0 Å². The second kappa shape index (κ2) is 7.44. The summed E-state index contributed by atoms with van der Waals surface area (Å²) in [5, 5.41) is 48.5. The number of fused-ring (bicyclic) bond motifs is 1. The minimum atomic E-state index is -1.59. The average Bonchev–Trinajstić information content (AvgIpc) is 3.07. The van der Waals surface area contributed by atoms with Crippen LogP contribution in [-0.4, -0.2) is 68.8 Å². The molecule has 3 rings (SSSR count). The van der Waals surface area contributed by atoms with E-state index in [9.17, 15) is 25.2 Å². The summed E-state index contributed by atoms with van der Waals surface area (Å²) in [6.07, 6.45) is -3.53. The summed E-state index contributed by atoms with van der Waals surface area (Å²) in [6.45, 7) is -0.589. The fourth-order valence-electron chi connectivity index (χ4n) is 2.69. The zero-order chi connectivity index (χ0) is 18.8. The molecule has 5 N–H and O–H groups in total. The highest BCUT2D eigenvalue weighted by Gasteiger charge is 2.44. The lowest BCUT2D eigenvalue weighted by Crippen LogP contribution is -2.60. The molecule has 1 aromatic heterocycles. The molecule has 0 unspecified atom stereocenters. The van der Waals surface area contributed by atoms with Gasteiger partial charge in [0.05, 0.1) is 12.9 Å². The van der Waals surface area contributed by atoms with Crippen LogP contribution in [0.1, 0.15) is 5.56 Å². The van der Waals surface area contributed by atoms with Crippen LogP contribution < -0.4 is 4.74 Å². The molecule has 2 aromatic rings. The Morgan fingerprint density at radius 1 is 1.19 bits per heavy atom. The van der Waals surface area contributed by atoms with Gasteiger partial charge in [-0.15, -0.1) is 0 Å². The third kappa shape index (κ3) is 3.57. The number of carboxylic acids is 1. The lowest BCUT2D eigenvalue weighted by Gasteiger charge is -2.39. The number of carboxylic acid groups (broad SMARTS) is 1. The Hall–Kier alpha value is -2.43. The molecule has 26 heavy (non-hydrogen) atoms. The van der Waals surface area contributed by atoms with Gasteiger partial charge in [-0.3, -0.25) is 0 Å². The Morgan fingerprint density at radius 2 is 1.96 bits per heavy atom. The first-order chi connectivity index (χ1) is 12.4. The van der Waals surface area contributed by atoms with Gasteiger partial charge >= 0.3 is 5.97 Å². The molecule has 0 saturated carbocycles.